The van der Waals surface area contributed by atoms with Crippen molar-refractivity contribution >= 4 is 17.2 Å². The average Bonchev–Trinajstić information content (AvgIpc) is 3.28. The Hall–Kier alpha value is -2.06. The highest BCUT2D eigenvalue weighted by Gasteiger charge is 2.33. The molecule has 0 bridgehead atoms. The summed E-state index contributed by atoms with van der Waals surface area (Å²) in [4.78, 5) is 38.8. The second-order valence-corrected chi connectivity index (χ2v) is 8.57. The number of ether oxygens (including phenoxy) is 1. The van der Waals surface area contributed by atoms with Gasteiger partial charge in [0, 0.05) is 49.7 Å². The molecule has 2 fully saturated rings. The van der Waals surface area contributed by atoms with Crippen molar-refractivity contribution in [3.63, 3.8) is 0 Å². The number of hydrogen-bond donors (Lipinski definition) is 1. The van der Waals surface area contributed by atoms with E-state index in [1.165, 1.54) is 17.4 Å². The number of nitrogens with zero attached hydrogens (tertiary/aromatic N) is 3. The Bertz CT molecular complexity index is 859. The summed E-state index contributed by atoms with van der Waals surface area (Å²) in [5.41, 5.74) is 0.474. The van der Waals surface area contributed by atoms with Crippen molar-refractivity contribution in [1.82, 2.24) is 19.9 Å². The van der Waals surface area contributed by atoms with E-state index >= 15 is 0 Å². The topological polar surface area (TPSA) is 88.2 Å². The quantitative estimate of drug-likeness (QED) is 0.850. The minimum absolute atomic E-state index is 0.0846. The van der Waals surface area contributed by atoms with Crippen molar-refractivity contribution in [3.8, 4) is 10.7 Å². The second-order valence-electron chi connectivity index (χ2n) is 7.67. The van der Waals surface area contributed by atoms with Crippen molar-refractivity contribution in [2.45, 2.75) is 50.5 Å². The van der Waals surface area contributed by atoms with Gasteiger partial charge in [0.05, 0.1) is 6.10 Å². The van der Waals surface area contributed by atoms with Gasteiger partial charge in [0.1, 0.15) is 16.5 Å². The number of aromatic amines is 1. The molecule has 1 aliphatic heterocycles. The summed E-state index contributed by atoms with van der Waals surface area (Å²) in [5, 5.41) is 2.63. The maximum absolute atomic E-state index is 12.9. The van der Waals surface area contributed by atoms with Crippen LogP contribution in [0.4, 0.5) is 0 Å². The summed E-state index contributed by atoms with van der Waals surface area (Å²) in [6.45, 7) is 1.42. The number of nitrogens with one attached hydrogen (secondary N) is 1. The largest absolute Gasteiger partial charge is 0.381 e. The zero-order valence-electron chi connectivity index (χ0n) is 16.1. The number of methoxy groups -OCH3 is 1. The number of thiazole rings is 1. The lowest BCUT2D eigenvalue weighted by Crippen LogP contribution is -2.43. The van der Waals surface area contributed by atoms with Gasteiger partial charge in [0.15, 0.2) is 0 Å². The molecule has 2 aliphatic rings. The summed E-state index contributed by atoms with van der Waals surface area (Å²) >= 11 is 1.47. The van der Waals surface area contributed by atoms with Gasteiger partial charge in [-0.2, -0.15) is 0 Å². The van der Waals surface area contributed by atoms with E-state index in [2.05, 4.69) is 15.0 Å². The molecule has 2 aromatic heterocycles. The van der Waals surface area contributed by atoms with Crippen LogP contribution in [0, 0.1) is 5.92 Å². The Balaban J connectivity index is 1.40. The minimum Gasteiger partial charge on any atom is -0.381 e. The number of piperidine rings is 1. The van der Waals surface area contributed by atoms with E-state index in [-0.39, 0.29) is 29.4 Å². The molecule has 3 heterocycles. The molecule has 150 valence electrons. The summed E-state index contributed by atoms with van der Waals surface area (Å²) in [5.74, 6) is 1.22. The average molecular weight is 403 g/mol. The van der Waals surface area contributed by atoms with E-state index in [0.717, 1.165) is 43.5 Å². The molecule has 0 aromatic carbocycles. The third-order valence-corrected chi connectivity index (χ3v) is 6.71. The summed E-state index contributed by atoms with van der Waals surface area (Å²) in [6.07, 6.45) is 7.46. The third-order valence-electron chi connectivity index (χ3n) is 5.91. The minimum atomic E-state index is -0.151. The molecule has 1 aliphatic carbocycles. The third kappa shape index (κ3) is 4.17. The first kappa shape index (κ1) is 19.3. The van der Waals surface area contributed by atoms with Gasteiger partial charge < -0.3 is 14.6 Å². The zero-order valence-corrected chi connectivity index (χ0v) is 16.9. The van der Waals surface area contributed by atoms with Gasteiger partial charge in [0.2, 0.25) is 5.91 Å². The molecule has 1 N–H and O–H groups in total. The molecule has 2 aromatic rings. The summed E-state index contributed by atoms with van der Waals surface area (Å²) < 4.78 is 5.47. The fourth-order valence-corrected chi connectivity index (χ4v) is 4.94. The molecule has 8 heteroatoms. The van der Waals surface area contributed by atoms with E-state index in [1.54, 1.807) is 13.3 Å². The predicted octanol–water partition coefficient (Wildman–Crippen LogP) is 2.80. The van der Waals surface area contributed by atoms with E-state index in [1.807, 2.05) is 10.3 Å². The molecule has 0 radical (unpaired) electrons. The Morgan fingerprint density at radius 1 is 1.29 bits per heavy atom. The Morgan fingerprint density at radius 3 is 2.82 bits per heavy atom. The van der Waals surface area contributed by atoms with E-state index < -0.39 is 0 Å². The van der Waals surface area contributed by atoms with Gasteiger partial charge in [-0.3, -0.25) is 9.59 Å². The molecule has 2 atom stereocenters. The van der Waals surface area contributed by atoms with Crippen LogP contribution in [-0.2, 0) is 9.53 Å². The van der Waals surface area contributed by atoms with Crippen LogP contribution in [0.2, 0.25) is 0 Å². The molecule has 1 saturated carbocycles. The number of hydrogen-bond acceptors (Lipinski definition) is 6. The molecular formula is C20H26N4O3S. The van der Waals surface area contributed by atoms with Gasteiger partial charge in [0.25, 0.3) is 5.56 Å². The number of aromatic nitrogens is 3. The number of likely N-dealkylation sites (tertiary alicyclic amines) is 1. The first-order valence-corrected chi connectivity index (χ1v) is 10.8. The molecule has 1 amide bonds. The smallest absolute Gasteiger partial charge is 0.251 e. The van der Waals surface area contributed by atoms with Crippen LogP contribution >= 0.6 is 11.3 Å². The molecular weight excluding hydrogens is 376 g/mol. The van der Waals surface area contributed by atoms with E-state index in [4.69, 9.17) is 4.74 Å². The van der Waals surface area contributed by atoms with Gasteiger partial charge in [-0.1, -0.05) is 6.42 Å². The number of amides is 1. The lowest BCUT2D eigenvalue weighted by atomic mass is 9.85. The Kier molecular flexibility index (Phi) is 5.87. The lowest BCUT2D eigenvalue weighted by molar-refractivity contribution is -0.139. The highest BCUT2D eigenvalue weighted by atomic mass is 32.1. The monoisotopic (exact) mass is 402 g/mol. The number of rotatable bonds is 4. The molecule has 28 heavy (non-hydrogen) atoms. The normalized spacial score (nSPS) is 23.7. The van der Waals surface area contributed by atoms with Crippen LogP contribution in [0.15, 0.2) is 22.4 Å². The highest BCUT2D eigenvalue weighted by Crippen LogP contribution is 2.31. The summed E-state index contributed by atoms with van der Waals surface area (Å²) in [7, 11) is 1.73. The highest BCUT2D eigenvalue weighted by molar-refractivity contribution is 7.13. The van der Waals surface area contributed by atoms with Crippen molar-refractivity contribution < 1.29 is 9.53 Å². The molecule has 0 unspecified atom stereocenters. The Labute approximate surface area is 168 Å². The van der Waals surface area contributed by atoms with Crippen LogP contribution in [0.1, 0.15) is 50.3 Å². The molecule has 7 nitrogen and oxygen atoms in total. The Morgan fingerprint density at radius 2 is 2.11 bits per heavy atom. The van der Waals surface area contributed by atoms with Gasteiger partial charge >= 0.3 is 0 Å². The number of carbonyl (C=O) groups is 1. The van der Waals surface area contributed by atoms with Gasteiger partial charge in [-0.15, -0.1) is 11.3 Å². The standard InChI is InChI=1S/C20H26N4O3S/c1-27-15-4-2-3-14(11-15)20(26)24-8-5-13(6-9-24)18-22-16(12-17(25)23-18)19-21-7-10-28-19/h7,10,12-15H,2-6,8-9,11H2,1H3,(H,22,23,25)/t14-,15+/m1/s1. The van der Waals surface area contributed by atoms with Crippen LogP contribution in [0.5, 0.6) is 0 Å². The maximum Gasteiger partial charge on any atom is 0.251 e. The van der Waals surface area contributed by atoms with Crippen LogP contribution in [-0.4, -0.2) is 52.1 Å². The van der Waals surface area contributed by atoms with E-state index in [9.17, 15) is 9.59 Å². The number of H-pyrrole nitrogens is 1. The predicted molar refractivity (Wildman–Crippen MR) is 107 cm³/mol. The SMILES string of the molecule is CO[C@H]1CCC[C@@H](C(=O)N2CCC(c3nc(-c4nccs4)cc(=O)[nH]3)CC2)C1. The van der Waals surface area contributed by atoms with Gasteiger partial charge in [-0.05, 0) is 32.1 Å². The van der Waals surface area contributed by atoms with Crippen molar-refractivity contribution in [2.75, 3.05) is 20.2 Å². The zero-order chi connectivity index (χ0) is 19.5. The molecule has 4 rings (SSSR count). The van der Waals surface area contributed by atoms with Crippen LogP contribution in [0.25, 0.3) is 10.7 Å². The number of carbonyl (C=O) groups excluding carboxylic acids is 1. The second kappa shape index (κ2) is 8.53. The van der Waals surface area contributed by atoms with Crippen molar-refractivity contribution in [3.05, 3.63) is 33.8 Å². The first-order valence-electron chi connectivity index (χ1n) is 9.96. The van der Waals surface area contributed by atoms with Crippen LogP contribution in [0.3, 0.4) is 0 Å². The first-order chi connectivity index (χ1) is 13.6. The fraction of sp³-hybridized carbons (Fsp3) is 0.600. The fourth-order valence-electron chi connectivity index (χ4n) is 4.34. The van der Waals surface area contributed by atoms with Crippen molar-refractivity contribution in [2.24, 2.45) is 5.92 Å². The molecule has 1 saturated heterocycles. The van der Waals surface area contributed by atoms with Crippen LogP contribution < -0.4 is 5.56 Å². The summed E-state index contributed by atoms with van der Waals surface area (Å²) in [6, 6.07) is 1.50. The maximum atomic E-state index is 12.9. The van der Waals surface area contributed by atoms with E-state index in [0.29, 0.717) is 24.6 Å². The van der Waals surface area contributed by atoms with Crippen molar-refractivity contribution in [1.29, 1.82) is 0 Å². The lowest BCUT2D eigenvalue weighted by Gasteiger charge is -2.36. The van der Waals surface area contributed by atoms with Gasteiger partial charge in [-0.25, -0.2) is 9.97 Å². The molecule has 0 spiro atoms.